The number of carbonyl (C=O) groups is 2. The van der Waals surface area contributed by atoms with Crippen molar-refractivity contribution in [3.05, 3.63) is 29.8 Å². The Kier molecular flexibility index (Phi) is 3.23. The smallest absolute Gasteiger partial charge is 0.255 e. The van der Waals surface area contributed by atoms with Crippen molar-refractivity contribution in [1.29, 1.82) is 0 Å². The van der Waals surface area contributed by atoms with Gasteiger partial charge in [0.15, 0.2) is 0 Å². The van der Waals surface area contributed by atoms with Crippen LogP contribution in [0, 0.1) is 0 Å². The summed E-state index contributed by atoms with van der Waals surface area (Å²) in [4.78, 5) is 23.4. The van der Waals surface area contributed by atoms with Gasteiger partial charge in [0.1, 0.15) is 0 Å². The van der Waals surface area contributed by atoms with Gasteiger partial charge in [-0.2, -0.15) is 0 Å². The zero-order valence-corrected chi connectivity index (χ0v) is 8.15. The Hall–Kier alpha value is -1.84. The normalized spacial score (nSPS) is 9.29. The first kappa shape index (κ1) is 10.2. The quantitative estimate of drug-likeness (QED) is 0.725. The maximum Gasteiger partial charge on any atom is 0.255 e. The summed E-state index contributed by atoms with van der Waals surface area (Å²) in [5.41, 5.74) is 1.02. The average Bonchev–Trinajstić information content (AvgIpc) is 2.18. The van der Waals surface area contributed by atoms with Crippen molar-refractivity contribution in [2.24, 2.45) is 0 Å². The predicted octanol–water partition coefficient (Wildman–Crippen LogP) is 0.957. The molecule has 0 fully saturated rings. The monoisotopic (exact) mass is 192 g/mol. The molecule has 0 unspecified atom stereocenters. The molecule has 0 saturated heterocycles. The number of nitrogens with one attached hydrogen (secondary N) is 1. The molecule has 0 aliphatic heterocycles. The highest BCUT2D eigenvalue weighted by atomic mass is 16.2. The molecule has 4 heteroatoms. The SMILES string of the molecule is CN(C)C(=O)c1ccccc1NC=O. The Morgan fingerprint density at radius 3 is 2.57 bits per heavy atom. The van der Waals surface area contributed by atoms with Gasteiger partial charge >= 0.3 is 0 Å². The Bertz CT molecular complexity index is 348. The number of carbonyl (C=O) groups excluding carboxylic acids is 2. The third-order valence-electron chi connectivity index (χ3n) is 1.78. The second-order valence-electron chi connectivity index (χ2n) is 3.01. The summed E-state index contributed by atoms with van der Waals surface area (Å²) in [6.07, 6.45) is 0.557. The number of benzene rings is 1. The Morgan fingerprint density at radius 1 is 1.36 bits per heavy atom. The van der Waals surface area contributed by atoms with Crippen molar-refractivity contribution < 1.29 is 9.59 Å². The Labute approximate surface area is 82.5 Å². The van der Waals surface area contributed by atoms with Gasteiger partial charge in [-0.1, -0.05) is 12.1 Å². The number of anilines is 1. The van der Waals surface area contributed by atoms with Gasteiger partial charge in [-0.3, -0.25) is 9.59 Å². The van der Waals surface area contributed by atoms with Crippen LogP contribution >= 0.6 is 0 Å². The van der Waals surface area contributed by atoms with Crippen LogP contribution in [0.4, 0.5) is 5.69 Å². The fraction of sp³-hybridized carbons (Fsp3) is 0.200. The summed E-state index contributed by atoms with van der Waals surface area (Å²) in [7, 11) is 3.33. The molecule has 0 heterocycles. The topological polar surface area (TPSA) is 49.4 Å². The molecule has 14 heavy (non-hydrogen) atoms. The first-order valence-corrected chi connectivity index (χ1v) is 4.17. The number of rotatable bonds is 3. The number of nitrogens with zero attached hydrogens (tertiary/aromatic N) is 1. The highest BCUT2D eigenvalue weighted by Gasteiger charge is 2.11. The molecule has 0 bridgehead atoms. The number of hydrogen-bond donors (Lipinski definition) is 1. The molecule has 1 aromatic rings. The molecule has 0 saturated carbocycles. The van der Waals surface area contributed by atoms with Crippen LogP contribution < -0.4 is 5.32 Å². The van der Waals surface area contributed by atoms with E-state index in [1.165, 1.54) is 4.90 Å². The maximum absolute atomic E-state index is 11.6. The zero-order chi connectivity index (χ0) is 10.6. The number of amides is 2. The first-order chi connectivity index (χ1) is 6.66. The Morgan fingerprint density at radius 2 is 2.00 bits per heavy atom. The minimum atomic E-state index is -0.130. The molecule has 74 valence electrons. The third-order valence-corrected chi connectivity index (χ3v) is 1.78. The van der Waals surface area contributed by atoms with Crippen LogP contribution in [-0.4, -0.2) is 31.3 Å². The van der Waals surface area contributed by atoms with Crippen molar-refractivity contribution in [3.63, 3.8) is 0 Å². The lowest BCUT2D eigenvalue weighted by molar-refractivity contribution is -0.105. The third kappa shape index (κ3) is 2.10. The van der Waals surface area contributed by atoms with Crippen molar-refractivity contribution in [1.82, 2.24) is 4.90 Å². The van der Waals surface area contributed by atoms with Crippen LogP contribution in [0.3, 0.4) is 0 Å². The van der Waals surface area contributed by atoms with Gasteiger partial charge in [-0.05, 0) is 12.1 Å². The average molecular weight is 192 g/mol. The minimum absolute atomic E-state index is 0.130. The van der Waals surface area contributed by atoms with Crippen LogP contribution in [0.1, 0.15) is 10.4 Å². The van der Waals surface area contributed by atoms with E-state index < -0.39 is 0 Å². The molecular weight excluding hydrogens is 180 g/mol. The second kappa shape index (κ2) is 4.41. The van der Waals surface area contributed by atoms with Crippen molar-refractivity contribution in [2.75, 3.05) is 19.4 Å². The molecule has 0 atom stereocenters. The lowest BCUT2D eigenvalue weighted by Crippen LogP contribution is -2.22. The molecule has 0 radical (unpaired) electrons. The molecule has 0 aromatic heterocycles. The van der Waals surface area contributed by atoms with Crippen LogP contribution in [0.2, 0.25) is 0 Å². The number of hydrogen-bond acceptors (Lipinski definition) is 2. The van der Waals surface area contributed by atoms with Gasteiger partial charge < -0.3 is 10.2 Å². The zero-order valence-electron chi connectivity index (χ0n) is 8.15. The second-order valence-corrected chi connectivity index (χ2v) is 3.01. The summed E-state index contributed by atoms with van der Waals surface area (Å²) in [6, 6.07) is 6.88. The van der Waals surface area contributed by atoms with Crippen LogP contribution in [-0.2, 0) is 4.79 Å². The van der Waals surface area contributed by atoms with E-state index in [-0.39, 0.29) is 5.91 Å². The molecule has 1 N–H and O–H groups in total. The fourth-order valence-corrected chi connectivity index (χ4v) is 1.10. The molecule has 0 aliphatic carbocycles. The molecule has 0 aliphatic rings. The predicted molar refractivity (Wildman–Crippen MR) is 54.1 cm³/mol. The van der Waals surface area contributed by atoms with Crippen LogP contribution in [0.25, 0.3) is 0 Å². The van der Waals surface area contributed by atoms with Gasteiger partial charge in [0, 0.05) is 14.1 Å². The molecule has 1 aromatic carbocycles. The van der Waals surface area contributed by atoms with Gasteiger partial charge in [0.25, 0.3) is 5.91 Å². The summed E-state index contributed by atoms with van der Waals surface area (Å²) < 4.78 is 0. The summed E-state index contributed by atoms with van der Waals surface area (Å²) >= 11 is 0. The first-order valence-electron chi connectivity index (χ1n) is 4.17. The van der Waals surface area contributed by atoms with E-state index in [1.54, 1.807) is 38.4 Å². The highest BCUT2D eigenvalue weighted by molar-refractivity contribution is 6.00. The van der Waals surface area contributed by atoms with Crippen molar-refractivity contribution >= 4 is 18.0 Å². The molecule has 1 rings (SSSR count). The molecule has 2 amide bonds. The molecular formula is C10H12N2O2. The maximum atomic E-state index is 11.6. The largest absolute Gasteiger partial charge is 0.345 e. The summed E-state index contributed by atoms with van der Waals surface area (Å²) in [6.45, 7) is 0. The van der Waals surface area contributed by atoms with Gasteiger partial charge in [-0.25, -0.2) is 0 Å². The lowest BCUT2D eigenvalue weighted by atomic mass is 10.1. The summed E-state index contributed by atoms with van der Waals surface area (Å²) in [5, 5.41) is 2.48. The number of para-hydroxylation sites is 1. The standard InChI is InChI=1S/C10H12N2O2/c1-12(2)10(14)8-5-3-4-6-9(8)11-7-13/h3-7H,1-2H3,(H,11,13). The van der Waals surface area contributed by atoms with Crippen LogP contribution in [0.5, 0.6) is 0 Å². The van der Waals surface area contributed by atoms with E-state index in [4.69, 9.17) is 0 Å². The van der Waals surface area contributed by atoms with E-state index >= 15 is 0 Å². The molecule has 4 nitrogen and oxygen atoms in total. The lowest BCUT2D eigenvalue weighted by Gasteiger charge is -2.12. The van der Waals surface area contributed by atoms with Gasteiger partial charge in [-0.15, -0.1) is 0 Å². The van der Waals surface area contributed by atoms with Crippen LogP contribution in [0.15, 0.2) is 24.3 Å². The van der Waals surface area contributed by atoms with E-state index in [1.807, 2.05) is 0 Å². The fourth-order valence-electron chi connectivity index (χ4n) is 1.10. The highest BCUT2D eigenvalue weighted by Crippen LogP contribution is 2.15. The minimum Gasteiger partial charge on any atom is -0.345 e. The van der Waals surface area contributed by atoms with E-state index in [2.05, 4.69) is 5.32 Å². The van der Waals surface area contributed by atoms with E-state index in [0.717, 1.165) is 0 Å². The van der Waals surface area contributed by atoms with E-state index in [0.29, 0.717) is 17.7 Å². The van der Waals surface area contributed by atoms with E-state index in [9.17, 15) is 9.59 Å². The Balaban J connectivity index is 3.06. The molecule has 0 spiro atoms. The van der Waals surface area contributed by atoms with Gasteiger partial charge in [0.05, 0.1) is 11.3 Å². The summed E-state index contributed by atoms with van der Waals surface area (Å²) in [5.74, 6) is -0.130. The van der Waals surface area contributed by atoms with Crippen molar-refractivity contribution in [2.45, 2.75) is 0 Å². The van der Waals surface area contributed by atoms with Gasteiger partial charge in [0.2, 0.25) is 6.41 Å². The van der Waals surface area contributed by atoms with Crippen molar-refractivity contribution in [3.8, 4) is 0 Å².